The lowest BCUT2D eigenvalue weighted by atomic mass is 10.1. The number of rotatable bonds is 3. The third-order valence-electron chi connectivity index (χ3n) is 3.25. The molecule has 0 bridgehead atoms. The molecule has 0 fully saturated rings. The average Bonchev–Trinajstić information content (AvgIpc) is 2.52. The van der Waals surface area contributed by atoms with Crippen molar-refractivity contribution < 1.29 is 14.3 Å². The summed E-state index contributed by atoms with van der Waals surface area (Å²) in [6, 6.07) is 8.44. The molecule has 1 aromatic carbocycles. The molecule has 2 rings (SSSR count). The third-order valence-corrected chi connectivity index (χ3v) is 3.25. The molecule has 2 aromatic rings. The van der Waals surface area contributed by atoms with Crippen molar-refractivity contribution in [2.45, 2.75) is 39.3 Å². The van der Waals surface area contributed by atoms with Gasteiger partial charge in [-0.15, -0.1) is 6.42 Å². The number of carbonyl (C=O) groups excluding carboxylic acids is 2. The van der Waals surface area contributed by atoms with Crippen molar-refractivity contribution in [2.75, 3.05) is 5.32 Å². The summed E-state index contributed by atoms with van der Waals surface area (Å²) in [4.78, 5) is 28.3. The molecule has 1 heterocycles. The van der Waals surface area contributed by atoms with Crippen molar-refractivity contribution in [3.8, 4) is 12.3 Å². The molecular formula is C19H21N3O3. The Morgan fingerprint density at radius 3 is 2.60 bits per heavy atom. The second-order valence-electron chi connectivity index (χ2n) is 6.58. The van der Waals surface area contributed by atoms with Crippen LogP contribution in [0, 0.1) is 12.3 Å². The van der Waals surface area contributed by atoms with Gasteiger partial charge in [0.25, 0.3) is 0 Å². The minimum Gasteiger partial charge on any atom is -0.444 e. The molecular weight excluding hydrogens is 318 g/mol. The fraction of sp³-hybridized carbons (Fsp3) is 0.316. The smallest absolute Gasteiger partial charge is 0.408 e. The Bertz CT molecular complexity index is 847. The SMILES string of the molecule is C#Cc1nc(NC(=O)[C@@H](C)NC(=O)OC(C)(C)C)cc2ccccc12. The minimum atomic E-state index is -0.794. The van der Waals surface area contributed by atoms with Crippen molar-refractivity contribution in [3.63, 3.8) is 0 Å². The molecule has 0 radical (unpaired) electrons. The van der Waals surface area contributed by atoms with Gasteiger partial charge >= 0.3 is 6.09 Å². The fourth-order valence-corrected chi connectivity index (χ4v) is 2.16. The maximum atomic E-state index is 12.3. The van der Waals surface area contributed by atoms with Crippen LogP contribution < -0.4 is 10.6 Å². The Morgan fingerprint density at radius 2 is 1.96 bits per heavy atom. The summed E-state index contributed by atoms with van der Waals surface area (Å²) in [5, 5.41) is 6.85. The molecule has 6 nitrogen and oxygen atoms in total. The Hall–Kier alpha value is -3.07. The van der Waals surface area contributed by atoms with Crippen molar-refractivity contribution in [3.05, 3.63) is 36.0 Å². The summed E-state index contributed by atoms with van der Waals surface area (Å²) in [5.74, 6) is 2.43. The fourth-order valence-electron chi connectivity index (χ4n) is 2.16. The van der Waals surface area contributed by atoms with E-state index in [1.165, 1.54) is 0 Å². The van der Waals surface area contributed by atoms with Gasteiger partial charge in [0.05, 0.1) is 0 Å². The number of terminal acetylenes is 1. The van der Waals surface area contributed by atoms with E-state index in [1.807, 2.05) is 24.3 Å². The summed E-state index contributed by atoms with van der Waals surface area (Å²) in [6.45, 7) is 6.80. The molecule has 0 aliphatic heterocycles. The zero-order valence-electron chi connectivity index (χ0n) is 14.7. The predicted molar refractivity (Wildman–Crippen MR) is 97.1 cm³/mol. The number of ether oxygens (including phenoxy) is 1. The number of hydrogen-bond acceptors (Lipinski definition) is 4. The molecule has 1 aromatic heterocycles. The molecule has 2 amide bonds. The number of alkyl carbamates (subject to hydrolysis) is 1. The van der Waals surface area contributed by atoms with Gasteiger partial charge in [0.15, 0.2) is 0 Å². The van der Waals surface area contributed by atoms with Crippen LogP contribution in [0.1, 0.15) is 33.4 Å². The molecule has 0 saturated carbocycles. The number of nitrogens with one attached hydrogen (secondary N) is 2. The van der Waals surface area contributed by atoms with Crippen molar-refractivity contribution in [1.82, 2.24) is 10.3 Å². The second-order valence-corrected chi connectivity index (χ2v) is 6.58. The number of hydrogen-bond donors (Lipinski definition) is 2. The molecule has 25 heavy (non-hydrogen) atoms. The number of benzene rings is 1. The zero-order chi connectivity index (χ0) is 18.6. The summed E-state index contributed by atoms with van der Waals surface area (Å²) in [5.41, 5.74) is -0.192. The van der Waals surface area contributed by atoms with E-state index in [9.17, 15) is 9.59 Å². The van der Waals surface area contributed by atoms with Crippen molar-refractivity contribution in [2.24, 2.45) is 0 Å². The highest BCUT2D eigenvalue weighted by molar-refractivity contribution is 5.98. The number of amides is 2. The number of anilines is 1. The number of fused-ring (bicyclic) bond motifs is 1. The van der Waals surface area contributed by atoms with Crippen LogP contribution in [-0.2, 0) is 9.53 Å². The first kappa shape index (κ1) is 18.3. The topological polar surface area (TPSA) is 80.3 Å². The maximum Gasteiger partial charge on any atom is 0.408 e. The van der Waals surface area contributed by atoms with Crippen molar-refractivity contribution >= 4 is 28.6 Å². The first-order valence-corrected chi connectivity index (χ1v) is 7.86. The number of pyridine rings is 1. The van der Waals surface area contributed by atoms with Crippen LogP contribution in [0.15, 0.2) is 30.3 Å². The van der Waals surface area contributed by atoms with Crippen LogP contribution in [0.4, 0.5) is 10.6 Å². The van der Waals surface area contributed by atoms with Gasteiger partial charge in [-0.3, -0.25) is 4.79 Å². The van der Waals surface area contributed by atoms with Crippen LogP contribution in [0.5, 0.6) is 0 Å². The van der Waals surface area contributed by atoms with E-state index >= 15 is 0 Å². The van der Waals surface area contributed by atoms with E-state index < -0.39 is 23.6 Å². The van der Waals surface area contributed by atoms with E-state index in [0.29, 0.717) is 11.5 Å². The second kappa shape index (κ2) is 7.22. The Kier molecular flexibility index (Phi) is 5.28. The first-order chi connectivity index (χ1) is 11.7. The van der Waals surface area contributed by atoms with E-state index in [2.05, 4.69) is 21.5 Å². The predicted octanol–water partition coefficient (Wildman–Crippen LogP) is 3.07. The molecule has 0 aliphatic rings. The lowest BCUT2D eigenvalue weighted by Gasteiger charge is -2.21. The third kappa shape index (κ3) is 4.95. The normalized spacial score (nSPS) is 12.1. The maximum absolute atomic E-state index is 12.3. The number of nitrogens with zero attached hydrogens (tertiary/aromatic N) is 1. The van der Waals surface area contributed by atoms with Gasteiger partial charge in [-0.25, -0.2) is 9.78 Å². The van der Waals surface area contributed by atoms with E-state index in [0.717, 1.165) is 10.8 Å². The molecule has 1 atom stereocenters. The van der Waals surface area contributed by atoms with Crippen LogP contribution in [0.2, 0.25) is 0 Å². The zero-order valence-corrected chi connectivity index (χ0v) is 14.7. The van der Waals surface area contributed by atoms with Gasteiger partial charge in [0.1, 0.15) is 23.2 Å². The Morgan fingerprint density at radius 1 is 1.28 bits per heavy atom. The molecule has 0 saturated heterocycles. The van der Waals surface area contributed by atoms with Gasteiger partial charge in [0.2, 0.25) is 5.91 Å². The van der Waals surface area contributed by atoms with Crippen LogP contribution in [0.3, 0.4) is 0 Å². The molecule has 0 unspecified atom stereocenters. The minimum absolute atomic E-state index is 0.328. The number of carbonyl (C=O) groups is 2. The lowest BCUT2D eigenvalue weighted by molar-refractivity contribution is -0.117. The van der Waals surface area contributed by atoms with E-state index in [-0.39, 0.29) is 0 Å². The van der Waals surface area contributed by atoms with Gasteiger partial charge in [-0.1, -0.05) is 24.3 Å². The first-order valence-electron chi connectivity index (χ1n) is 7.86. The average molecular weight is 339 g/mol. The van der Waals surface area contributed by atoms with Crippen LogP contribution in [-0.4, -0.2) is 28.6 Å². The lowest BCUT2D eigenvalue weighted by Crippen LogP contribution is -2.44. The largest absolute Gasteiger partial charge is 0.444 e. The highest BCUT2D eigenvalue weighted by atomic mass is 16.6. The Labute approximate surface area is 147 Å². The highest BCUT2D eigenvalue weighted by Gasteiger charge is 2.21. The van der Waals surface area contributed by atoms with Crippen LogP contribution in [0.25, 0.3) is 10.8 Å². The van der Waals surface area contributed by atoms with Gasteiger partial charge in [0, 0.05) is 5.39 Å². The highest BCUT2D eigenvalue weighted by Crippen LogP contribution is 2.20. The summed E-state index contributed by atoms with van der Waals surface area (Å²) in [6.07, 6.45) is 4.84. The Balaban J connectivity index is 2.11. The van der Waals surface area contributed by atoms with Gasteiger partial charge < -0.3 is 15.4 Å². The molecule has 130 valence electrons. The molecule has 6 heteroatoms. The van der Waals surface area contributed by atoms with Crippen molar-refractivity contribution in [1.29, 1.82) is 0 Å². The molecule has 0 spiro atoms. The molecule has 0 aliphatic carbocycles. The van der Waals surface area contributed by atoms with Gasteiger partial charge in [-0.05, 0) is 45.1 Å². The summed E-state index contributed by atoms with van der Waals surface area (Å²) < 4.78 is 5.13. The van der Waals surface area contributed by atoms with Crippen LogP contribution >= 0.6 is 0 Å². The monoisotopic (exact) mass is 339 g/mol. The van der Waals surface area contributed by atoms with Gasteiger partial charge in [-0.2, -0.15) is 0 Å². The number of aromatic nitrogens is 1. The summed E-state index contributed by atoms with van der Waals surface area (Å²) in [7, 11) is 0. The quantitative estimate of drug-likeness (QED) is 0.842. The van der Waals surface area contributed by atoms with E-state index in [1.54, 1.807) is 33.8 Å². The molecule has 2 N–H and O–H groups in total. The standard InChI is InChI=1S/C19H21N3O3/c1-6-15-14-10-8-7-9-13(14)11-16(21-15)22-17(23)12(2)20-18(24)25-19(3,4)5/h1,7-12H,2-5H3,(H,20,24)(H,21,22,23)/t12-/m1/s1. The summed E-state index contributed by atoms with van der Waals surface area (Å²) >= 11 is 0. The van der Waals surface area contributed by atoms with E-state index in [4.69, 9.17) is 11.2 Å².